The third-order valence-electron chi connectivity index (χ3n) is 3.68. The summed E-state index contributed by atoms with van der Waals surface area (Å²) in [7, 11) is 1.53. The first kappa shape index (κ1) is 17.5. The molecule has 3 rings (SSSR count). The van der Waals surface area contributed by atoms with Crippen molar-refractivity contribution in [3.05, 3.63) is 51.8 Å². The van der Waals surface area contributed by atoms with Crippen LogP contribution in [0.1, 0.15) is 10.5 Å². The fourth-order valence-electron chi connectivity index (χ4n) is 2.61. The number of thioether (sulfide) groups is 1. The minimum Gasteiger partial charge on any atom is -0.362 e. The number of aromatic nitrogens is 2. The third-order valence-corrected chi connectivity index (χ3v) is 5.71. The third kappa shape index (κ3) is 3.11. The number of carbonyl (C=O) groups is 1. The van der Waals surface area contributed by atoms with Gasteiger partial charge in [0.2, 0.25) is 5.78 Å². The van der Waals surface area contributed by atoms with Crippen molar-refractivity contribution in [2.75, 3.05) is 13.4 Å². The van der Waals surface area contributed by atoms with Gasteiger partial charge in [-0.3, -0.25) is 9.78 Å². The van der Waals surface area contributed by atoms with Gasteiger partial charge in [0.25, 0.3) is 0 Å². The molecule has 1 aromatic carbocycles. The summed E-state index contributed by atoms with van der Waals surface area (Å²) >= 11 is 11.0. The number of nitrogens with one attached hydrogen (secondary N) is 1. The van der Waals surface area contributed by atoms with Crippen LogP contribution in [0.4, 0.5) is 0 Å². The Morgan fingerprint density at radius 3 is 2.88 bits per heavy atom. The quantitative estimate of drug-likeness (QED) is 0.453. The number of halogens is 2. The number of benzene rings is 1. The Morgan fingerprint density at radius 1 is 1.46 bits per heavy atom. The fourth-order valence-corrected chi connectivity index (χ4v) is 3.64. The van der Waals surface area contributed by atoms with Gasteiger partial charge < -0.3 is 9.72 Å². The first-order valence-electron chi connectivity index (χ1n) is 7.07. The summed E-state index contributed by atoms with van der Waals surface area (Å²) < 4.78 is 6.06. The molecule has 0 saturated carbocycles. The number of pyridine rings is 1. The predicted octanol–water partition coefficient (Wildman–Crippen LogP) is 5.16. The zero-order chi connectivity index (χ0) is 17.3. The maximum atomic E-state index is 12.9. The monoisotopic (exact) mass is 424 g/mol. The Balaban J connectivity index is 2.30. The van der Waals surface area contributed by atoms with Gasteiger partial charge in [0.15, 0.2) is 5.44 Å². The van der Waals surface area contributed by atoms with Crippen molar-refractivity contribution in [1.82, 2.24) is 9.97 Å². The topological polar surface area (TPSA) is 55.0 Å². The van der Waals surface area contributed by atoms with Crippen LogP contribution in [-0.4, -0.2) is 34.6 Å². The predicted molar refractivity (Wildman–Crippen MR) is 103 cm³/mol. The highest BCUT2D eigenvalue weighted by Gasteiger charge is 2.26. The van der Waals surface area contributed by atoms with Crippen LogP contribution in [0.5, 0.6) is 0 Å². The standard InChI is InChI=1S/C17H14BrClN2O2S/c1-23-17(24-2)16(22)15-14(9-4-3-5-20-8-9)10-6-12(19)11(18)7-13(10)21-15/h3-8,17,21H,1-2H3. The lowest BCUT2D eigenvalue weighted by Crippen LogP contribution is -2.20. The van der Waals surface area contributed by atoms with E-state index in [1.807, 2.05) is 30.5 Å². The highest BCUT2D eigenvalue weighted by atomic mass is 79.9. The molecular weight excluding hydrogens is 412 g/mol. The molecule has 0 radical (unpaired) electrons. The Labute approximate surface area is 157 Å². The molecule has 0 bridgehead atoms. The van der Waals surface area contributed by atoms with Gasteiger partial charge in [-0.25, -0.2) is 0 Å². The number of methoxy groups -OCH3 is 1. The summed E-state index contributed by atoms with van der Waals surface area (Å²) in [6.07, 6.45) is 5.27. The van der Waals surface area contributed by atoms with Crippen LogP contribution in [0.2, 0.25) is 5.02 Å². The molecule has 0 aliphatic heterocycles. The molecule has 0 aliphatic carbocycles. The van der Waals surface area contributed by atoms with E-state index in [1.54, 1.807) is 12.4 Å². The molecule has 24 heavy (non-hydrogen) atoms. The number of H-pyrrole nitrogens is 1. The molecule has 1 unspecified atom stereocenters. The number of fused-ring (bicyclic) bond motifs is 1. The maximum Gasteiger partial charge on any atom is 0.218 e. The van der Waals surface area contributed by atoms with Crippen molar-refractivity contribution in [3.8, 4) is 11.1 Å². The number of aromatic amines is 1. The van der Waals surface area contributed by atoms with Gasteiger partial charge in [-0.2, -0.15) is 0 Å². The van der Waals surface area contributed by atoms with Crippen molar-refractivity contribution in [3.63, 3.8) is 0 Å². The van der Waals surface area contributed by atoms with Gasteiger partial charge in [-0.1, -0.05) is 17.7 Å². The summed E-state index contributed by atoms with van der Waals surface area (Å²) in [6.45, 7) is 0. The summed E-state index contributed by atoms with van der Waals surface area (Å²) in [5.74, 6) is -0.118. The number of hydrogen-bond acceptors (Lipinski definition) is 4. The first-order valence-corrected chi connectivity index (χ1v) is 9.53. The van der Waals surface area contributed by atoms with E-state index >= 15 is 0 Å². The normalized spacial score (nSPS) is 12.5. The van der Waals surface area contributed by atoms with E-state index in [9.17, 15) is 4.79 Å². The van der Waals surface area contributed by atoms with Crippen LogP contribution in [0, 0.1) is 0 Å². The number of rotatable bonds is 5. The van der Waals surface area contributed by atoms with Gasteiger partial charge in [-0.05, 0) is 40.4 Å². The van der Waals surface area contributed by atoms with Crippen LogP contribution in [0.3, 0.4) is 0 Å². The molecule has 0 fully saturated rings. The average molecular weight is 426 g/mol. The van der Waals surface area contributed by atoms with E-state index in [0.29, 0.717) is 10.7 Å². The number of nitrogens with zero attached hydrogens (tertiary/aromatic N) is 1. The number of carbonyl (C=O) groups excluding carboxylic acids is 1. The van der Waals surface area contributed by atoms with Crippen molar-refractivity contribution >= 4 is 56.0 Å². The SMILES string of the molecule is COC(SC)C(=O)c1[nH]c2cc(Br)c(Cl)cc2c1-c1cccnc1. The number of Topliss-reactive ketones (excluding diaryl/α,β-unsaturated/α-hetero) is 1. The summed E-state index contributed by atoms with van der Waals surface area (Å²) in [6, 6.07) is 7.47. The average Bonchev–Trinajstić information content (AvgIpc) is 2.95. The molecule has 4 nitrogen and oxygen atoms in total. The number of ether oxygens (including phenoxy) is 1. The molecule has 124 valence electrons. The second-order valence-corrected chi connectivity index (χ2v) is 7.26. The van der Waals surface area contributed by atoms with E-state index in [4.69, 9.17) is 16.3 Å². The molecule has 3 aromatic rings. The van der Waals surface area contributed by atoms with Gasteiger partial charge in [0, 0.05) is 46.0 Å². The molecule has 7 heteroatoms. The Hall–Kier alpha value is -1.34. The van der Waals surface area contributed by atoms with Crippen LogP contribution >= 0.6 is 39.3 Å². The van der Waals surface area contributed by atoms with Crippen molar-refractivity contribution in [2.24, 2.45) is 0 Å². The van der Waals surface area contributed by atoms with Crippen molar-refractivity contribution in [1.29, 1.82) is 0 Å². The van der Waals surface area contributed by atoms with E-state index in [1.165, 1.54) is 18.9 Å². The highest BCUT2D eigenvalue weighted by molar-refractivity contribution is 9.10. The Kier molecular flexibility index (Phi) is 5.30. The van der Waals surface area contributed by atoms with E-state index < -0.39 is 5.44 Å². The van der Waals surface area contributed by atoms with Gasteiger partial charge >= 0.3 is 0 Å². The van der Waals surface area contributed by atoms with Gasteiger partial charge in [0.05, 0.1) is 10.7 Å². The summed E-state index contributed by atoms with van der Waals surface area (Å²) in [5, 5.41) is 1.45. The lowest BCUT2D eigenvalue weighted by molar-refractivity contribution is 0.0791. The van der Waals surface area contributed by atoms with E-state index in [-0.39, 0.29) is 5.78 Å². The van der Waals surface area contributed by atoms with Crippen molar-refractivity contribution in [2.45, 2.75) is 5.44 Å². The number of hydrogen-bond donors (Lipinski definition) is 1. The highest BCUT2D eigenvalue weighted by Crippen LogP contribution is 2.37. The maximum absolute atomic E-state index is 12.9. The molecule has 0 saturated heterocycles. The molecule has 2 heterocycles. The smallest absolute Gasteiger partial charge is 0.218 e. The molecule has 0 spiro atoms. The van der Waals surface area contributed by atoms with Crippen LogP contribution in [-0.2, 0) is 4.74 Å². The van der Waals surface area contributed by atoms with Gasteiger partial charge in [-0.15, -0.1) is 11.8 Å². The van der Waals surface area contributed by atoms with Crippen LogP contribution in [0.25, 0.3) is 22.0 Å². The molecule has 2 aromatic heterocycles. The van der Waals surface area contributed by atoms with Gasteiger partial charge in [0.1, 0.15) is 0 Å². The largest absolute Gasteiger partial charge is 0.362 e. The second kappa shape index (κ2) is 7.27. The van der Waals surface area contributed by atoms with E-state index in [2.05, 4.69) is 25.9 Å². The molecule has 1 N–H and O–H groups in total. The molecule has 0 amide bonds. The molecular formula is C17H14BrClN2O2S. The fraction of sp³-hybridized carbons (Fsp3) is 0.176. The molecule has 0 aliphatic rings. The lowest BCUT2D eigenvalue weighted by Gasteiger charge is -2.11. The summed E-state index contributed by atoms with van der Waals surface area (Å²) in [4.78, 5) is 20.3. The summed E-state index contributed by atoms with van der Waals surface area (Å²) in [5.41, 5.74) is 2.38. The van der Waals surface area contributed by atoms with Crippen molar-refractivity contribution < 1.29 is 9.53 Å². The van der Waals surface area contributed by atoms with E-state index in [0.717, 1.165) is 26.5 Å². The van der Waals surface area contributed by atoms with Crippen LogP contribution in [0.15, 0.2) is 41.1 Å². The minimum atomic E-state index is -0.576. The number of ketones is 1. The second-order valence-electron chi connectivity index (χ2n) is 5.10. The molecule has 1 atom stereocenters. The first-order chi connectivity index (χ1) is 11.6. The zero-order valence-corrected chi connectivity index (χ0v) is 16.1. The Morgan fingerprint density at radius 2 is 2.25 bits per heavy atom. The lowest BCUT2D eigenvalue weighted by atomic mass is 10.0. The minimum absolute atomic E-state index is 0.118. The van der Waals surface area contributed by atoms with Crippen LogP contribution < -0.4 is 0 Å². The Bertz CT molecular complexity index is 894. The zero-order valence-electron chi connectivity index (χ0n) is 13.0.